The third-order valence-corrected chi connectivity index (χ3v) is 7.39. The molecule has 0 unspecified atom stereocenters. The van der Waals surface area contributed by atoms with Gasteiger partial charge in [-0.05, 0) is 67.7 Å². The number of aromatic nitrogens is 3. The molecule has 2 aromatic heterocycles. The van der Waals surface area contributed by atoms with Gasteiger partial charge in [0.15, 0.2) is 5.69 Å². The van der Waals surface area contributed by atoms with E-state index in [1.54, 1.807) is 4.68 Å². The number of nitrogens with zero attached hydrogens (tertiary/aromatic N) is 4. The second kappa shape index (κ2) is 8.89. The van der Waals surface area contributed by atoms with Crippen LogP contribution >= 0.6 is 0 Å². The lowest BCUT2D eigenvalue weighted by molar-refractivity contribution is 0.0593. The zero-order valence-corrected chi connectivity index (χ0v) is 19.7. The number of hydrogen-bond donors (Lipinski definition) is 0. The smallest absolute Gasteiger partial charge is 0.274 e. The lowest BCUT2D eigenvalue weighted by Gasteiger charge is -2.37. The Kier molecular flexibility index (Phi) is 5.79. The average molecular weight is 441 g/mol. The van der Waals surface area contributed by atoms with Crippen molar-refractivity contribution >= 4 is 16.8 Å². The lowest BCUT2D eigenvalue weighted by Crippen LogP contribution is -2.42. The molecule has 170 valence electrons. The van der Waals surface area contributed by atoms with Crippen molar-refractivity contribution in [3.8, 4) is 0 Å². The van der Waals surface area contributed by atoms with Gasteiger partial charge in [-0.2, -0.15) is 5.10 Å². The van der Waals surface area contributed by atoms with Crippen LogP contribution in [0.5, 0.6) is 0 Å². The zero-order valence-electron chi connectivity index (χ0n) is 19.7. The van der Waals surface area contributed by atoms with E-state index >= 15 is 0 Å². The summed E-state index contributed by atoms with van der Waals surface area (Å²) in [5, 5.41) is 5.73. The Bertz CT molecular complexity index is 1240. The topological polar surface area (TPSA) is 43.1 Å². The number of fused-ring (bicyclic) bond motifs is 1. The van der Waals surface area contributed by atoms with E-state index in [9.17, 15) is 4.79 Å². The van der Waals surface area contributed by atoms with Gasteiger partial charge in [-0.25, -0.2) is 0 Å². The van der Waals surface area contributed by atoms with E-state index in [0.29, 0.717) is 18.2 Å². The highest BCUT2D eigenvalue weighted by molar-refractivity contribution is 5.92. The summed E-state index contributed by atoms with van der Waals surface area (Å²) in [6.45, 7) is 2.59. The van der Waals surface area contributed by atoms with Gasteiger partial charge in [-0.3, -0.25) is 9.48 Å². The van der Waals surface area contributed by atoms with Crippen molar-refractivity contribution < 1.29 is 4.79 Å². The molecule has 2 aromatic carbocycles. The number of aryl methyl sites for hydroxylation is 3. The van der Waals surface area contributed by atoms with E-state index in [-0.39, 0.29) is 11.9 Å². The zero-order chi connectivity index (χ0) is 22.9. The van der Waals surface area contributed by atoms with Gasteiger partial charge in [0.25, 0.3) is 5.91 Å². The van der Waals surface area contributed by atoms with Crippen molar-refractivity contribution in [2.75, 3.05) is 0 Å². The number of rotatable bonds is 5. The van der Waals surface area contributed by atoms with Gasteiger partial charge < -0.3 is 9.47 Å². The Hall–Kier alpha value is -3.34. The minimum absolute atomic E-state index is 0.0344. The maximum absolute atomic E-state index is 13.7. The fraction of sp³-hybridized carbons (Fsp3) is 0.357. The van der Waals surface area contributed by atoms with E-state index < -0.39 is 0 Å². The number of para-hydroxylation sites is 1. The largest absolute Gasteiger partial charge is 0.346 e. The molecule has 0 bridgehead atoms. The van der Waals surface area contributed by atoms with Crippen LogP contribution < -0.4 is 0 Å². The van der Waals surface area contributed by atoms with Crippen molar-refractivity contribution in [1.29, 1.82) is 0 Å². The molecule has 33 heavy (non-hydrogen) atoms. The summed E-state index contributed by atoms with van der Waals surface area (Å²) < 4.78 is 4.00. The molecule has 1 saturated carbocycles. The van der Waals surface area contributed by atoms with E-state index in [1.165, 1.54) is 16.5 Å². The SMILES string of the molecule is Cc1cc(C(=O)N(Cc2cc3ccccc3n2C)C2CCC(c3ccccc3)CC2)nn1C. The first-order chi connectivity index (χ1) is 16.0. The van der Waals surface area contributed by atoms with Crippen molar-refractivity contribution in [2.45, 2.75) is 51.1 Å². The predicted molar refractivity (Wildman–Crippen MR) is 132 cm³/mol. The second-order valence-corrected chi connectivity index (χ2v) is 9.40. The number of carbonyl (C=O) groups is 1. The summed E-state index contributed by atoms with van der Waals surface area (Å²) in [7, 11) is 3.99. The average Bonchev–Trinajstić information content (AvgIpc) is 3.36. The van der Waals surface area contributed by atoms with Gasteiger partial charge in [-0.15, -0.1) is 0 Å². The van der Waals surface area contributed by atoms with Gasteiger partial charge in [0.2, 0.25) is 0 Å². The van der Waals surface area contributed by atoms with Crippen LogP contribution in [0.3, 0.4) is 0 Å². The highest BCUT2D eigenvalue weighted by Gasteiger charge is 2.31. The standard InChI is InChI=1S/C28H32N4O/c1-20-17-26(29-31(20)3)28(33)32(19-25-18-23-11-7-8-12-27(23)30(25)2)24-15-13-22(14-16-24)21-9-5-4-6-10-21/h4-12,17-18,22,24H,13-16,19H2,1-3H3. The maximum Gasteiger partial charge on any atom is 0.274 e. The Morgan fingerprint density at radius 2 is 1.67 bits per heavy atom. The number of amides is 1. The van der Waals surface area contributed by atoms with Gasteiger partial charge in [0.1, 0.15) is 0 Å². The van der Waals surface area contributed by atoms with Crippen LogP contribution in [0.1, 0.15) is 59.0 Å². The van der Waals surface area contributed by atoms with Crippen LogP contribution in [-0.4, -0.2) is 31.2 Å². The molecule has 1 aliphatic carbocycles. The van der Waals surface area contributed by atoms with E-state index in [2.05, 4.69) is 82.3 Å². The fourth-order valence-electron chi connectivity index (χ4n) is 5.30. The van der Waals surface area contributed by atoms with E-state index in [0.717, 1.165) is 37.1 Å². The first kappa shape index (κ1) is 21.5. The summed E-state index contributed by atoms with van der Waals surface area (Å²) in [6, 6.07) is 23.6. The first-order valence-electron chi connectivity index (χ1n) is 11.9. The van der Waals surface area contributed by atoms with Gasteiger partial charge in [0.05, 0.1) is 6.54 Å². The van der Waals surface area contributed by atoms with Gasteiger partial charge in [0, 0.05) is 37.0 Å². The summed E-state index contributed by atoms with van der Waals surface area (Å²) in [5.41, 5.74) is 5.31. The van der Waals surface area contributed by atoms with Crippen molar-refractivity contribution in [1.82, 2.24) is 19.2 Å². The highest BCUT2D eigenvalue weighted by Crippen LogP contribution is 2.36. The van der Waals surface area contributed by atoms with Crippen LogP contribution in [0.15, 0.2) is 66.7 Å². The molecule has 0 radical (unpaired) electrons. The van der Waals surface area contributed by atoms with Crippen LogP contribution in [0, 0.1) is 6.92 Å². The minimum atomic E-state index is 0.0344. The molecule has 5 nitrogen and oxygen atoms in total. The van der Waals surface area contributed by atoms with Crippen LogP contribution in [0.25, 0.3) is 10.9 Å². The number of carbonyl (C=O) groups excluding carboxylic acids is 1. The number of hydrogen-bond acceptors (Lipinski definition) is 2. The Balaban J connectivity index is 1.42. The third-order valence-electron chi connectivity index (χ3n) is 7.39. The molecule has 0 saturated heterocycles. The Morgan fingerprint density at radius 3 is 2.33 bits per heavy atom. The molecule has 5 heteroatoms. The molecule has 4 aromatic rings. The molecule has 2 heterocycles. The molecular formula is C28H32N4O. The van der Waals surface area contributed by atoms with Crippen LogP contribution in [-0.2, 0) is 20.6 Å². The monoisotopic (exact) mass is 440 g/mol. The molecule has 5 rings (SSSR count). The third kappa shape index (κ3) is 4.20. The summed E-state index contributed by atoms with van der Waals surface area (Å²) in [4.78, 5) is 15.8. The molecule has 0 spiro atoms. The summed E-state index contributed by atoms with van der Waals surface area (Å²) >= 11 is 0. The molecule has 1 fully saturated rings. The summed E-state index contributed by atoms with van der Waals surface area (Å²) in [5.74, 6) is 0.612. The first-order valence-corrected chi connectivity index (χ1v) is 11.9. The van der Waals surface area contributed by atoms with Crippen molar-refractivity contribution in [3.63, 3.8) is 0 Å². The molecule has 0 atom stereocenters. The molecule has 0 N–H and O–H groups in total. The van der Waals surface area contributed by atoms with E-state index in [1.807, 2.05) is 20.0 Å². The lowest BCUT2D eigenvalue weighted by atomic mass is 9.81. The Morgan fingerprint density at radius 1 is 0.970 bits per heavy atom. The second-order valence-electron chi connectivity index (χ2n) is 9.40. The van der Waals surface area contributed by atoms with E-state index in [4.69, 9.17) is 0 Å². The molecular weight excluding hydrogens is 408 g/mol. The maximum atomic E-state index is 13.7. The quantitative estimate of drug-likeness (QED) is 0.406. The molecule has 1 aliphatic rings. The van der Waals surface area contributed by atoms with Gasteiger partial charge >= 0.3 is 0 Å². The molecule has 0 aliphatic heterocycles. The summed E-state index contributed by atoms with van der Waals surface area (Å²) in [6.07, 6.45) is 4.24. The number of benzene rings is 2. The fourth-order valence-corrected chi connectivity index (χ4v) is 5.30. The predicted octanol–water partition coefficient (Wildman–Crippen LogP) is 5.59. The van der Waals surface area contributed by atoms with Crippen molar-refractivity contribution in [3.05, 3.63) is 89.4 Å². The Labute approximate surface area is 195 Å². The van der Waals surface area contributed by atoms with Crippen molar-refractivity contribution in [2.24, 2.45) is 14.1 Å². The van der Waals surface area contributed by atoms with Crippen LogP contribution in [0.4, 0.5) is 0 Å². The normalized spacial score (nSPS) is 18.5. The minimum Gasteiger partial charge on any atom is -0.346 e. The van der Waals surface area contributed by atoms with Crippen LogP contribution in [0.2, 0.25) is 0 Å². The molecule has 1 amide bonds. The highest BCUT2D eigenvalue weighted by atomic mass is 16.2. The van der Waals surface area contributed by atoms with Gasteiger partial charge in [-0.1, -0.05) is 48.5 Å².